The minimum Gasteiger partial charge on any atom is -0.382 e. The average Bonchev–Trinajstić information content (AvgIpc) is 2.33. The molecule has 94 valence electrons. The van der Waals surface area contributed by atoms with E-state index in [1.165, 1.54) is 12.8 Å². The molecule has 4 nitrogen and oxygen atoms in total. The number of hydrogen-bond acceptors (Lipinski definition) is 3. The third kappa shape index (κ3) is 6.08. The number of amides is 1. The van der Waals surface area contributed by atoms with Gasteiger partial charge < -0.3 is 15.4 Å². The summed E-state index contributed by atoms with van der Waals surface area (Å²) in [6.45, 7) is 6.37. The van der Waals surface area contributed by atoms with Gasteiger partial charge in [-0.15, -0.1) is 0 Å². The third-order valence-corrected chi connectivity index (χ3v) is 2.88. The van der Waals surface area contributed by atoms with E-state index in [0.717, 1.165) is 32.7 Å². The van der Waals surface area contributed by atoms with Gasteiger partial charge in [0.05, 0.1) is 0 Å². The summed E-state index contributed by atoms with van der Waals surface area (Å²) in [5.74, 6) is 0.773. The standard InChI is InChI=1S/C12H24N2O2/c1-2-16-8-4-6-12(15)14-10-11-5-3-7-13-9-11/h11,13H,2-10H2,1H3,(H,14,15). The SMILES string of the molecule is CCOCCCC(=O)NCC1CCCNC1. The molecule has 1 fully saturated rings. The maximum absolute atomic E-state index is 11.5. The van der Waals surface area contributed by atoms with Crippen molar-refractivity contribution in [3.8, 4) is 0 Å². The Morgan fingerprint density at radius 3 is 3.12 bits per heavy atom. The first-order chi connectivity index (χ1) is 7.83. The second-order valence-electron chi connectivity index (χ2n) is 4.32. The Hall–Kier alpha value is -0.610. The van der Waals surface area contributed by atoms with Crippen molar-refractivity contribution in [3.63, 3.8) is 0 Å². The van der Waals surface area contributed by atoms with Crippen LogP contribution in [0, 0.1) is 5.92 Å². The number of carbonyl (C=O) groups excluding carboxylic acids is 1. The number of piperidine rings is 1. The number of rotatable bonds is 7. The molecule has 1 amide bonds. The van der Waals surface area contributed by atoms with E-state index in [1.807, 2.05) is 6.92 Å². The maximum atomic E-state index is 11.5. The molecule has 0 spiro atoms. The molecule has 4 heteroatoms. The summed E-state index contributed by atoms with van der Waals surface area (Å²) in [6.07, 6.45) is 3.86. The van der Waals surface area contributed by atoms with Gasteiger partial charge in [-0.25, -0.2) is 0 Å². The Bertz CT molecular complexity index is 191. The van der Waals surface area contributed by atoms with Crippen LogP contribution in [0.15, 0.2) is 0 Å². The van der Waals surface area contributed by atoms with Gasteiger partial charge in [0, 0.05) is 26.2 Å². The number of ether oxygens (including phenoxy) is 1. The lowest BCUT2D eigenvalue weighted by molar-refractivity contribution is -0.121. The van der Waals surface area contributed by atoms with Crippen molar-refractivity contribution >= 4 is 5.91 Å². The molecular weight excluding hydrogens is 204 g/mol. The topological polar surface area (TPSA) is 50.4 Å². The van der Waals surface area contributed by atoms with E-state index in [9.17, 15) is 4.79 Å². The van der Waals surface area contributed by atoms with Crippen LogP contribution in [0.3, 0.4) is 0 Å². The van der Waals surface area contributed by atoms with E-state index >= 15 is 0 Å². The molecule has 0 radical (unpaired) electrons. The van der Waals surface area contributed by atoms with Crippen LogP contribution in [0.5, 0.6) is 0 Å². The van der Waals surface area contributed by atoms with Crippen molar-refractivity contribution in [2.45, 2.75) is 32.6 Å². The van der Waals surface area contributed by atoms with Crippen LogP contribution >= 0.6 is 0 Å². The Balaban J connectivity index is 1.96. The predicted octanol–water partition coefficient (Wildman–Crippen LogP) is 0.919. The molecule has 1 aliphatic rings. The quantitative estimate of drug-likeness (QED) is 0.637. The summed E-state index contributed by atoms with van der Waals surface area (Å²) >= 11 is 0. The zero-order valence-corrected chi connectivity index (χ0v) is 10.3. The highest BCUT2D eigenvalue weighted by atomic mass is 16.5. The van der Waals surface area contributed by atoms with Crippen LogP contribution in [0.25, 0.3) is 0 Å². The lowest BCUT2D eigenvalue weighted by Crippen LogP contribution is -2.38. The van der Waals surface area contributed by atoms with Crippen LogP contribution in [-0.4, -0.2) is 38.8 Å². The molecule has 1 unspecified atom stereocenters. The normalized spacial score (nSPS) is 20.7. The summed E-state index contributed by atoms with van der Waals surface area (Å²) in [6, 6.07) is 0. The predicted molar refractivity (Wildman–Crippen MR) is 64.3 cm³/mol. The van der Waals surface area contributed by atoms with Crippen LogP contribution < -0.4 is 10.6 Å². The van der Waals surface area contributed by atoms with Gasteiger partial charge in [-0.3, -0.25) is 4.79 Å². The average molecular weight is 228 g/mol. The molecular formula is C12H24N2O2. The van der Waals surface area contributed by atoms with Crippen LogP contribution in [0.4, 0.5) is 0 Å². The fourth-order valence-electron chi connectivity index (χ4n) is 1.92. The van der Waals surface area contributed by atoms with E-state index in [1.54, 1.807) is 0 Å². The van der Waals surface area contributed by atoms with Crippen molar-refractivity contribution in [1.29, 1.82) is 0 Å². The molecule has 1 rings (SSSR count). The van der Waals surface area contributed by atoms with Gasteiger partial charge >= 0.3 is 0 Å². The summed E-state index contributed by atoms with van der Waals surface area (Å²) < 4.78 is 5.19. The van der Waals surface area contributed by atoms with Gasteiger partial charge in [-0.05, 0) is 45.2 Å². The number of carbonyl (C=O) groups is 1. The number of nitrogens with one attached hydrogen (secondary N) is 2. The van der Waals surface area contributed by atoms with Crippen LogP contribution in [0.2, 0.25) is 0 Å². The first-order valence-corrected chi connectivity index (χ1v) is 6.38. The molecule has 0 aromatic rings. The second kappa shape index (κ2) is 8.53. The summed E-state index contributed by atoms with van der Waals surface area (Å²) in [5.41, 5.74) is 0. The highest BCUT2D eigenvalue weighted by Crippen LogP contribution is 2.08. The Labute approximate surface area is 98.1 Å². The van der Waals surface area contributed by atoms with Gasteiger partial charge in [-0.1, -0.05) is 0 Å². The van der Waals surface area contributed by atoms with E-state index in [4.69, 9.17) is 4.74 Å². The minimum absolute atomic E-state index is 0.158. The molecule has 1 heterocycles. The molecule has 0 saturated carbocycles. The summed E-state index contributed by atoms with van der Waals surface area (Å²) in [7, 11) is 0. The van der Waals surface area contributed by atoms with Gasteiger partial charge in [0.25, 0.3) is 0 Å². The van der Waals surface area contributed by atoms with Crippen molar-refractivity contribution in [1.82, 2.24) is 10.6 Å². The molecule has 0 aromatic carbocycles. The molecule has 1 aliphatic heterocycles. The van der Waals surface area contributed by atoms with Crippen molar-refractivity contribution < 1.29 is 9.53 Å². The van der Waals surface area contributed by atoms with Crippen molar-refractivity contribution in [2.75, 3.05) is 32.8 Å². The monoisotopic (exact) mass is 228 g/mol. The van der Waals surface area contributed by atoms with Crippen molar-refractivity contribution in [2.24, 2.45) is 5.92 Å². The van der Waals surface area contributed by atoms with E-state index in [-0.39, 0.29) is 5.91 Å². The van der Waals surface area contributed by atoms with E-state index in [2.05, 4.69) is 10.6 Å². The highest BCUT2D eigenvalue weighted by Gasteiger charge is 2.13. The molecule has 16 heavy (non-hydrogen) atoms. The van der Waals surface area contributed by atoms with Crippen LogP contribution in [-0.2, 0) is 9.53 Å². The maximum Gasteiger partial charge on any atom is 0.220 e. The first-order valence-electron chi connectivity index (χ1n) is 6.38. The van der Waals surface area contributed by atoms with E-state index < -0.39 is 0 Å². The van der Waals surface area contributed by atoms with Gasteiger partial charge in [0.1, 0.15) is 0 Å². The second-order valence-corrected chi connectivity index (χ2v) is 4.32. The molecule has 0 aromatic heterocycles. The number of hydrogen-bond donors (Lipinski definition) is 2. The van der Waals surface area contributed by atoms with Gasteiger partial charge in [0.15, 0.2) is 0 Å². The molecule has 0 aliphatic carbocycles. The fraction of sp³-hybridized carbons (Fsp3) is 0.917. The molecule has 1 saturated heterocycles. The largest absolute Gasteiger partial charge is 0.382 e. The van der Waals surface area contributed by atoms with E-state index in [0.29, 0.717) is 18.9 Å². The lowest BCUT2D eigenvalue weighted by Gasteiger charge is -2.22. The zero-order valence-electron chi connectivity index (χ0n) is 10.3. The molecule has 1 atom stereocenters. The summed E-state index contributed by atoms with van der Waals surface area (Å²) in [5, 5.41) is 6.34. The summed E-state index contributed by atoms with van der Waals surface area (Å²) in [4.78, 5) is 11.5. The highest BCUT2D eigenvalue weighted by molar-refractivity contribution is 5.75. The van der Waals surface area contributed by atoms with Crippen molar-refractivity contribution in [3.05, 3.63) is 0 Å². The smallest absolute Gasteiger partial charge is 0.220 e. The molecule has 0 bridgehead atoms. The third-order valence-electron chi connectivity index (χ3n) is 2.88. The minimum atomic E-state index is 0.158. The lowest BCUT2D eigenvalue weighted by atomic mass is 10.00. The Morgan fingerprint density at radius 1 is 1.56 bits per heavy atom. The first kappa shape index (κ1) is 13.5. The Morgan fingerprint density at radius 2 is 2.44 bits per heavy atom. The van der Waals surface area contributed by atoms with Gasteiger partial charge in [-0.2, -0.15) is 0 Å². The zero-order chi connectivity index (χ0) is 11.6. The van der Waals surface area contributed by atoms with Crippen LogP contribution in [0.1, 0.15) is 32.6 Å². The Kier molecular flexibility index (Phi) is 7.17. The fourth-order valence-corrected chi connectivity index (χ4v) is 1.92. The molecule has 2 N–H and O–H groups in total. The van der Waals surface area contributed by atoms with Gasteiger partial charge in [0.2, 0.25) is 5.91 Å².